The third-order valence-corrected chi connectivity index (χ3v) is 4.34. The van der Waals surface area contributed by atoms with Crippen molar-refractivity contribution in [2.24, 2.45) is 0 Å². The molecule has 0 bridgehead atoms. The second-order valence-electron chi connectivity index (χ2n) is 6.83. The molecule has 0 unspecified atom stereocenters. The Kier molecular flexibility index (Phi) is 5.78. The van der Waals surface area contributed by atoms with Crippen molar-refractivity contribution in [3.8, 4) is 5.75 Å². The highest BCUT2D eigenvalue weighted by Crippen LogP contribution is 2.32. The maximum Gasteiger partial charge on any atom is 0.278 e. The highest BCUT2D eigenvalue weighted by Gasteiger charge is 2.40. The van der Waals surface area contributed by atoms with Crippen LogP contribution < -0.4 is 10.1 Å². The molecule has 1 aliphatic heterocycles. The van der Waals surface area contributed by atoms with Crippen LogP contribution in [0.25, 0.3) is 5.57 Å². The molecule has 1 aliphatic rings. The molecule has 1 heterocycles. The van der Waals surface area contributed by atoms with E-state index in [1.54, 1.807) is 26.0 Å². The third-order valence-electron chi connectivity index (χ3n) is 4.34. The number of imide groups is 1. The summed E-state index contributed by atoms with van der Waals surface area (Å²) in [4.78, 5) is 27.1. The molecular weight excluding hydrogens is 359 g/mol. The topological polar surface area (TPSA) is 58.6 Å². The van der Waals surface area contributed by atoms with Crippen molar-refractivity contribution >= 4 is 23.1 Å². The standard InChI is InChI=1S/C22H23FN2O3/c1-4-12-28-18-7-5-6-17(13-18)24-20-19(15-8-10-16(23)11-9-15)21(26)25(14(2)3)22(20)27/h5-11,13-14,24H,4,12H2,1-3H3. The molecule has 0 saturated heterocycles. The molecule has 2 amide bonds. The van der Waals surface area contributed by atoms with Gasteiger partial charge in [-0.25, -0.2) is 4.39 Å². The van der Waals surface area contributed by atoms with Crippen LogP contribution in [0, 0.1) is 5.82 Å². The molecular formula is C22H23FN2O3. The monoisotopic (exact) mass is 382 g/mol. The van der Waals surface area contributed by atoms with Crippen LogP contribution in [-0.4, -0.2) is 29.4 Å². The number of rotatable bonds is 7. The predicted molar refractivity (Wildman–Crippen MR) is 106 cm³/mol. The van der Waals surface area contributed by atoms with Crippen molar-refractivity contribution in [1.82, 2.24) is 4.90 Å². The van der Waals surface area contributed by atoms with Crippen LogP contribution in [0.5, 0.6) is 5.75 Å². The fraction of sp³-hybridized carbons (Fsp3) is 0.273. The van der Waals surface area contributed by atoms with E-state index < -0.39 is 17.6 Å². The molecule has 0 aromatic heterocycles. The molecule has 0 atom stereocenters. The molecule has 0 aliphatic carbocycles. The first-order chi connectivity index (χ1) is 13.4. The molecule has 0 spiro atoms. The van der Waals surface area contributed by atoms with E-state index in [-0.39, 0.29) is 17.3 Å². The maximum absolute atomic E-state index is 13.3. The lowest BCUT2D eigenvalue weighted by atomic mass is 10.0. The van der Waals surface area contributed by atoms with Crippen LogP contribution in [0.3, 0.4) is 0 Å². The van der Waals surface area contributed by atoms with Crippen LogP contribution >= 0.6 is 0 Å². The number of nitrogens with one attached hydrogen (secondary N) is 1. The Morgan fingerprint density at radius 3 is 2.43 bits per heavy atom. The van der Waals surface area contributed by atoms with Gasteiger partial charge in [0, 0.05) is 17.8 Å². The zero-order chi connectivity index (χ0) is 20.3. The quantitative estimate of drug-likeness (QED) is 0.729. The summed E-state index contributed by atoms with van der Waals surface area (Å²) in [5.74, 6) is -0.530. The van der Waals surface area contributed by atoms with Gasteiger partial charge in [0.15, 0.2) is 0 Å². The first-order valence-electron chi connectivity index (χ1n) is 9.30. The zero-order valence-corrected chi connectivity index (χ0v) is 16.2. The Morgan fingerprint density at radius 2 is 1.79 bits per heavy atom. The smallest absolute Gasteiger partial charge is 0.278 e. The van der Waals surface area contributed by atoms with E-state index in [9.17, 15) is 14.0 Å². The molecule has 3 rings (SSSR count). The van der Waals surface area contributed by atoms with Gasteiger partial charge in [-0.1, -0.05) is 25.1 Å². The van der Waals surface area contributed by atoms with Crippen LogP contribution in [-0.2, 0) is 9.59 Å². The number of hydrogen-bond acceptors (Lipinski definition) is 4. The molecule has 5 nitrogen and oxygen atoms in total. The lowest BCUT2D eigenvalue weighted by Crippen LogP contribution is -2.38. The molecule has 146 valence electrons. The Balaban J connectivity index is 2.01. The van der Waals surface area contributed by atoms with Crippen LogP contribution in [0.2, 0.25) is 0 Å². The molecule has 28 heavy (non-hydrogen) atoms. The van der Waals surface area contributed by atoms with Gasteiger partial charge in [0.05, 0.1) is 12.2 Å². The SMILES string of the molecule is CCCOc1cccc(NC2=C(c3ccc(F)cc3)C(=O)N(C(C)C)C2=O)c1. The van der Waals surface area contributed by atoms with E-state index >= 15 is 0 Å². The Bertz CT molecular complexity index is 920. The number of benzene rings is 2. The Morgan fingerprint density at radius 1 is 1.07 bits per heavy atom. The normalized spacial score (nSPS) is 14.2. The van der Waals surface area contributed by atoms with Crippen molar-refractivity contribution in [2.45, 2.75) is 33.2 Å². The lowest BCUT2D eigenvalue weighted by Gasteiger charge is -2.19. The minimum Gasteiger partial charge on any atom is -0.494 e. The van der Waals surface area contributed by atoms with Crippen LogP contribution in [0.1, 0.15) is 32.8 Å². The fourth-order valence-corrected chi connectivity index (χ4v) is 3.04. The van der Waals surface area contributed by atoms with Crippen molar-refractivity contribution in [3.63, 3.8) is 0 Å². The molecule has 2 aromatic rings. The van der Waals surface area contributed by atoms with Gasteiger partial charge >= 0.3 is 0 Å². The Hall–Kier alpha value is -3.15. The first-order valence-corrected chi connectivity index (χ1v) is 9.30. The summed E-state index contributed by atoms with van der Waals surface area (Å²) in [6.45, 7) is 6.16. The number of halogens is 1. The van der Waals surface area contributed by atoms with E-state index in [0.717, 1.165) is 6.42 Å². The van der Waals surface area contributed by atoms with Gasteiger partial charge in [-0.3, -0.25) is 14.5 Å². The highest BCUT2D eigenvalue weighted by atomic mass is 19.1. The molecule has 1 N–H and O–H groups in total. The average Bonchev–Trinajstić information content (AvgIpc) is 2.91. The number of carbonyl (C=O) groups is 2. The van der Waals surface area contributed by atoms with Crippen molar-refractivity contribution < 1.29 is 18.7 Å². The summed E-state index contributed by atoms with van der Waals surface area (Å²) >= 11 is 0. The third kappa shape index (κ3) is 3.91. The Labute approximate surface area is 163 Å². The van der Waals surface area contributed by atoms with E-state index in [1.165, 1.54) is 29.2 Å². The number of ether oxygens (including phenoxy) is 1. The number of nitrogens with zero attached hydrogens (tertiary/aromatic N) is 1. The molecule has 2 aromatic carbocycles. The summed E-state index contributed by atoms with van der Waals surface area (Å²) in [5, 5.41) is 3.08. The van der Waals surface area contributed by atoms with E-state index in [1.807, 2.05) is 19.1 Å². The van der Waals surface area contributed by atoms with Crippen molar-refractivity contribution in [2.75, 3.05) is 11.9 Å². The number of anilines is 1. The second kappa shape index (κ2) is 8.25. The molecule has 6 heteroatoms. The summed E-state index contributed by atoms with van der Waals surface area (Å²) in [6, 6.07) is 12.5. The zero-order valence-electron chi connectivity index (χ0n) is 16.2. The fourth-order valence-electron chi connectivity index (χ4n) is 3.04. The van der Waals surface area contributed by atoms with Crippen molar-refractivity contribution in [1.29, 1.82) is 0 Å². The number of carbonyl (C=O) groups excluding carboxylic acids is 2. The summed E-state index contributed by atoms with van der Waals surface area (Å²) in [7, 11) is 0. The molecule has 0 radical (unpaired) electrons. The highest BCUT2D eigenvalue weighted by molar-refractivity contribution is 6.36. The largest absolute Gasteiger partial charge is 0.494 e. The van der Waals surface area contributed by atoms with Crippen LogP contribution in [0.4, 0.5) is 10.1 Å². The first kappa shape index (κ1) is 19.6. The second-order valence-corrected chi connectivity index (χ2v) is 6.83. The van der Waals surface area contributed by atoms with Crippen molar-refractivity contribution in [3.05, 3.63) is 65.6 Å². The molecule has 0 saturated carbocycles. The maximum atomic E-state index is 13.3. The minimum atomic E-state index is -0.405. The minimum absolute atomic E-state index is 0.179. The summed E-state index contributed by atoms with van der Waals surface area (Å²) in [6.07, 6.45) is 0.883. The van der Waals surface area contributed by atoms with E-state index in [0.29, 0.717) is 23.6 Å². The van der Waals surface area contributed by atoms with Crippen LogP contribution in [0.15, 0.2) is 54.2 Å². The number of amides is 2. The van der Waals surface area contributed by atoms with E-state index in [4.69, 9.17) is 4.74 Å². The van der Waals surface area contributed by atoms with Gasteiger partial charge in [-0.15, -0.1) is 0 Å². The van der Waals surface area contributed by atoms with Gasteiger partial charge < -0.3 is 10.1 Å². The van der Waals surface area contributed by atoms with Gasteiger partial charge in [0.2, 0.25) is 0 Å². The van der Waals surface area contributed by atoms with Gasteiger partial charge in [-0.2, -0.15) is 0 Å². The predicted octanol–water partition coefficient (Wildman–Crippen LogP) is 4.21. The average molecular weight is 382 g/mol. The number of hydrogen-bond donors (Lipinski definition) is 1. The summed E-state index contributed by atoms with van der Waals surface area (Å²) in [5.41, 5.74) is 1.54. The lowest BCUT2D eigenvalue weighted by molar-refractivity contribution is -0.138. The van der Waals surface area contributed by atoms with Gasteiger partial charge in [-0.05, 0) is 50.1 Å². The van der Waals surface area contributed by atoms with Gasteiger partial charge in [0.25, 0.3) is 11.8 Å². The van der Waals surface area contributed by atoms with E-state index in [2.05, 4.69) is 5.32 Å². The van der Waals surface area contributed by atoms with Gasteiger partial charge in [0.1, 0.15) is 17.3 Å². The summed E-state index contributed by atoms with van der Waals surface area (Å²) < 4.78 is 19.0. The molecule has 0 fully saturated rings.